The molecule has 1 unspecified atom stereocenters. The number of methoxy groups -OCH3 is 1. The summed E-state index contributed by atoms with van der Waals surface area (Å²) in [5, 5.41) is 9.36. The zero-order chi connectivity index (χ0) is 22.3. The Balaban J connectivity index is 0.00000306. The average Bonchev–Trinajstić information content (AvgIpc) is 2.83. The third-order valence-corrected chi connectivity index (χ3v) is 5.51. The molecule has 0 spiro atoms. The third kappa shape index (κ3) is 6.69. The molecule has 0 radical (unpaired) electrons. The molecule has 176 valence electrons. The number of amides is 1. The topological polar surface area (TPSA) is 89.5 Å². The van der Waals surface area contributed by atoms with Gasteiger partial charge in [0.25, 0.3) is 5.91 Å². The van der Waals surface area contributed by atoms with E-state index in [0.29, 0.717) is 43.9 Å². The fraction of sp³-hybridized carbons (Fsp3) is 0.375. The van der Waals surface area contributed by atoms with E-state index in [-0.39, 0.29) is 30.2 Å². The summed E-state index contributed by atoms with van der Waals surface area (Å²) in [4.78, 5) is 24.2. The van der Waals surface area contributed by atoms with Crippen LogP contribution in [0.2, 0.25) is 0 Å². The Labute approximate surface area is 199 Å². The van der Waals surface area contributed by atoms with Crippen LogP contribution in [0.1, 0.15) is 27.9 Å². The number of nitrogens with zero attached hydrogens (tertiary/aromatic N) is 2. The molecule has 0 aliphatic carbocycles. The fourth-order valence-electron chi connectivity index (χ4n) is 3.73. The van der Waals surface area contributed by atoms with Crippen LogP contribution in [-0.2, 0) is 20.7 Å². The minimum absolute atomic E-state index is 0. The van der Waals surface area contributed by atoms with E-state index < -0.39 is 0 Å². The van der Waals surface area contributed by atoms with Crippen LogP contribution in [0, 0.1) is 5.92 Å². The van der Waals surface area contributed by atoms with E-state index >= 15 is 0 Å². The Bertz CT molecular complexity index is 990. The summed E-state index contributed by atoms with van der Waals surface area (Å²) in [6, 6.07) is 12.9. The van der Waals surface area contributed by atoms with Gasteiger partial charge in [-0.3, -0.25) is 14.6 Å². The molecule has 1 amide bonds. The molecule has 2 aliphatic heterocycles. The normalized spacial score (nSPS) is 17.5. The summed E-state index contributed by atoms with van der Waals surface area (Å²) in [5.74, 6) is 0.412. The molecule has 4 rings (SSSR count). The summed E-state index contributed by atoms with van der Waals surface area (Å²) in [7, 11) is 1.39. The van der Waals surface area contributed by atoms with Crippen LogP contribution >= 0.6 is 12.4 Å². The number of carbonyl (C=O) groups is 2. The Morgan fingerprint density at radius 1 is 1.18 bits per heavy atom. The Hall–Kier alpha value is -3.10. The summed E-state index contributed by atoms with van der Waals surface area (Å²) in [6.45, 7) is 3.43. The van der Waals surface area contributed by atoms with Crippen molar-refractivity contribution >= 4 is 36.2 Å². The average molecular weight is 474 g/mol. The lowest BCUT2D eigenvalue weighted by atomic mass is 9.94. The van der Waals surface area contributed by atoms with Gasteiger partial charge in [-0.2, -0.15) is 5.10 Å². The molecule has 0 aromatic heterocycles. The van der Waals surface area contributed by atoms with Gasteiger partial charge in [0.1, 0.15) is 5.75 Å². The van der Waals surface area contributed by atoms with Gasteiger partial charge in [-0.15, -0.1) is 12.4 Å². The van der Waals surface area contributed by atoms with Gasteiger partial charge in [0.2, 0.25) is 0 Å². The smallest absolute Gasteiger partial charge is 0.305 e. The molecule has 33 heavy (non-hydrogen) atoms. The first kappa shape index (κ1) is 24.5. The molecule has 9 heteroatoms. The number of morpholine rings is 1. The molecule has 2 aliphatic rings. The van der Waals surface area contributed by atoms with Gasteiger partial charge in [-0.1, -0.05) is 12.1 Å². The van der Waals surface area contributed by atoms with Gasteiger partial charge >= 0.3 is 5.97 Å². The van der Waals surface area contributed by atoms with Crippen molar-refractivity contribution in [2.24, 2.45) is 11.0 Å². The maximum atomic E-state index is 12.7. The van der Waals surface area contributed by atoms with Crippen molar-refractivity contribution < 1.29 is 23.8 Å². The number of halogens is 1. The first-order valence-corrected chi connectivity index (χ1v) is 10.7. The van der Waals surface area contributed by atoms with Gasteiger partial charge in [0.15, 0.2) is 0 Å². The van der Waals surface area contributed by atoms with Crippen LogP contribution in [0.15, 0.2) is 47.6 Å². The summed E-state index contributed by atoms with van der Waals surface area (Å²) < 4.78 is 15.8. The second-order valence-corrected chi connectivity index (χ2v) is 7.87. The number of rotatable bonds is 6. The number of carbonyl (C=O) groups excluding carboxylic acids is 2. The lowest BCUT2D eigenvalue weighted by molar-refractivity contribution is -0.142. The van der Waals surface area contributed by atoms with Gasteiger partial charge < -0.3 is 19.5 Å². The van der Waals surface area contributed by atoms with Gasteiger partial charge in [-0.25, -0.2) is 0 Å². The van der Waals surface area contributed by atoms with E-state index in [1.165, 1.54) is 7.11 Å². The highest BCUT2D eigenvalue weighted by Gasteiger charge is 2.23. The van der Waals surface area contributed by atoms with Gasteiger partial charge in [0, 0.05) is 17.2 Å². The quantitative estimate of drug-likeness (QED) is 0.512. The van der Waals surface area contributed by atoms with Crippen molar-refractivity contribution in [1.82, 2.24) is 5.01 Å². The summed E-state index contributed by atoms with van der Waals surface area (Å²) in [5.41, 5.74) is 3.15. The maximum Gasteiger partial charge on any atom is 0.305 e. The number of benzene rings is 2. The molecule has 1 N–H and O–H groups in total. The molecule has 0 saturated carbocycles. The van der Waals surface area contributed by atoms with Crippen molar-refractivity contribution in [1.29, 1.82) is 0 Å². The second kappa shape index (κ2) is 11.7. The molecule has 1 atom stereocenters. The minimum Gasteiger partial charge on any atom is -0.493 e. The Morgan fingerprint density at radius 3 is 2.67 bits per heavy atom. The largest absolute Gasteiger partial charge is 0.493 e. The van der Waals surface area contributed by atoms with Crippen molar-refractivity contribution in [2.75, 3.05) is 45.3 Å². The summed E-state index contributed by atoms with van der Waals surface area (Å²) >= 11 is 0. The fourth-order valence-corrected chi connectivity index (χ4v) is 3.73. The van der Waals surface area contributed by atoms with E-state index in [2.05, 4.69) is 10.4 Å². The second-order valence-electron chi connectivity index (χ2n) is 7.87. The SMILES string of the molecule is COC(=O)CC1COc2ccc(NC(=O)c3ccc(C=NN4CCOCC4)cc3)cc2C1.Cl. The predicted molar refractivity (Wildman–Crippen MR) is 127 cm³/mol. The highest BCUT2D eigenvalue weighted by atomic mass is 35.5. The molecule has 2 heterocycles. The predicted octanol–water partition coefficient (Wildman–Crippen LogP) is 3.14. The number of nitrogens with one attached hydrogen (secondary N) is 1. The molecule has 2 aromatic carbocycles. The van der Waals surface area contributed by atoms with E-state index in [9.17, 15) is 9.59 Å². The highest BCUT2D eigenvalue weighted by molar-refractivity contribution is 6.04. The molecule has 8 nitrogen and oxygen atoms in total. The van der Waals surface area contributed by atoms with Crippen LogP contribution in [-0.4, -0.2) is 63.1 Å². The number of hydrogen-bond acceptors (Lipinski definition) is 7. The zero-order valence-electron chi connectivity index (χ0n) is 18.5. The third-order valence-electron chi connectivity index (χ3n) is 5.51. The molecular formula is C24H28ClN3O5. The molecule has 2 aromatic rings. The van der Waals surface area contributed by atoms with Crippen molar-refractivity contribution in [3.05, 3.63) is 59.2 Å². The van der Waals surface area contributed by atoms with Crippen LogP contribution in [0.5, 0.6) is 5.75 Å². The minimum atomic E-state index is -0.245. The number of hydrazone groups is 1. The van der Waals surface area contributed by atoms with E-state index in [4.69, 9.17) is 14.2 Å². The number of ether oxygens (including phenoxy) is 3. The number of hydrogen-bond donors (Lipinski definition) is 1. The van der Waals surface area contributed by atoms with Crippen LogP contribution in [0.3, 0.4) is 0 Å². The maximum absolute atomic E-state index is 12.7. The lowest BCUT2D eigenvalue weighted by Crippen LogP contribution is -2.32. The molecule has 0 bridgehead atoms. The number of fused-ring (bicyclic) bond motifs is 1. The highest BCUT2D eigenvalue weighted by Crippen LogP contribution is 2.31. The number of esters is 1. The van der Waals surface area contributed by atoms with E-state index in [0.717, 1.165) is 30.0 Å². The van der Waals surface area contributed by atoms with Crippen molar-refractivity contribution in [2.45, 2.75) is 12.8 Å². The van der Waals surface area contributed by atoms with E-state index in [1.54, 1.807) is 18.3 Å². The van der Waals surface area contributed by atoms with Crippen molar-refractivity contribution in [3.8, 4) is 5.75 Å². The zero-order valence-corrected chi connectivity index (χ0v) is 19.3. The number of anilines is 1. The van der Waals surface area contributed by atoms with E-state index in [1.807, 2.05) is 35.3 Å². The lowest BCUT2D eigenvalue weighted by Gasteiger charge is -2.25. The van der Waals surface area contributed by atoms with Gasteiger partial charge in [0.05, 0.1) is 52.7 Å². The standard InChI is InChI=1S/C24H27N3O5.ClH/c1-30-23(28)13-18-12-20-14-21(6-7-22(20)32-16-18)26-24(29)19-4-2-17(3-5-19)15-25-27-8-10-31-11-9-27;/h2-7,14-15,18H,8-13,16H2,1H3,(H,26,29);1H. The first-order chi connectivity index (χ1) is 15.6. The van der Waals surface area contributed by atoms with Crippen LogP contribution < -0.4 is 10.1 Å². The molecule has 1 fully saturated rings. The Kier molecular flexibility index (Phi) is 8.68. The van der Waals surface area contributed by atoms with Crippen LogP contribution in [0.25, 0.3) is 0 Å². The van der Waals surface area contributed by atoms with Crippen LogP contribution in [0.4, 0.5) is 5.69 Å². The summed E-state index contributed by atoms with van der Waals surface area (Å²) in [6.07, 6.45) is 2.81. The van der Waals surface area contributed by atoms with Crippen molar-refractivity contribution in [3.63, 3.8) is 0 Å². The monoisotopic (exact) mass is 473 g/mol. The van der Waals surface area contributed by atoms with Gasteiger partial charge in [-0.05, 0) is 47.9 Å². The molecular weight excluding hydrogens is 446 g/mol. The first-order valence-electron chi connectivity index (χ1n) is 10.7. The Morgan fingerprint density at radius 2 is 1.94 bits per heavy atom. The molecule has 1 saturated heterocycles.